The number of hydrogen-bond acceptors (Lipinski definition) is 3. The minimum atomic E-state index is -0.542. The lowest BCUT2D eigenvalue weighted by molar-refractivity contribution is -0.131. The Morgan fingerprint density at radius 2 is 1.59 bits per heavy atom. The number of benzene rings is 2. The molecule has 0 aliphatic heterocycles. The zero-order valence-electron chi connectivity index (χ0n) is 17.7. The quantitative estimate of drug-likeness (QED) is 0.744. The molecule has 0 heterocycles. The number of carbonyl (C=O) groups is 2. The Morgan fingerprint density at radius 1 is 1.00 bits per heavy atom. The average molecular weight is 395 g/mol. The second kappa shape index (κ2) is 8.68. The minimum absolute atomic E-state index is 0.140. The second-order valence-corrected chi connectivity index (χ2v) is 8.74. The van der Waals surface area contributed by atoms with Gasteiger partial charge in [-0.05, 0) is 63.8 Å². The van der Waals surface area contributed by atoms with E-state index in [0.29, 0.717) is 24.7 Å². The van der Waals surface area contributed by atoms with Gasteiger partial charge >= 0.3 is 6.09 Å². The number of aryl methyl sites for hydroxylation is 1. The Bertz CT molecular complexity index is 847. The number of hydrogen-bond donors (Lipinski definition) is 1. The van der Waals surface area contributed by atoms with Crippen LogP contribution in [0.15, 0.2) is 48.5 Å². The van der Waals surface area contributed by atoms with Gasteiger partial charge in [-0.3, -0.25) is 10.1 Å². The van der Waals surface area contributed by atoms with Crippen molar-refractivity contribution in [3.05, 3.63) is 65.2 Å². The smallest absolute Gasteiger partial charge is 0.412 e. The number of carbonyl (C=O) groups excluding carboxylic acids is 2. The number of nitrogens with zero attached hydrogens (tertiary/aromatic N) is 1. The summed E-state index contributed by atoms with van der Waals surface area (Å²) in [5.74, 6) is 0.140. The molecule has 1 aliphatic rings. The predicted molar refractivity (Wildman–Crippen MR) is 115 cm³/mol. The fourth-order valence-electron chi connectivity index (χ4n) is 3.10. The van der Waals surface area contributed by atoms with Crippen molar-refractivity contribution in [1.29, 1.82) is 0 Å². The molecule has 1 saturated carbocycles. The number of nitrogens with one attached hydrogen (secondary N) is 1. The predicted octanol–water partition coefficient (Wildman–Crippen LogP) is 5.08. The Kier molecular flexibility index (Phi) is 6.26. The molecule has 0 radical (unpaired) electrons. The number of amides is 2. The molecule has 5 nitrogen and oxygen atoms in total. The van der Waals surface area contributed by atoms with Gasteiger partial charge in [-0.1, -0.05) is 42.0 Å². The molecule has 29 heavy (non-hydrogen) atoms. The zero-order chi connectivity index (χ0) is 21.0. The molecule has 1 N–H and O–H groups in total. The van der Waals surface area contributed by atoms with Crippen molar-refractivity contribution in [2.75, 3.05) is 5.32 Å². The van der Waals surface area contributed by atoms with Gasteiger partial charge in [-0.2, -0.15) is 0 Å². The van der Waals surface area contributed by atoms with Crippen LogP contribution in [0.4, 0.5) is 10.5 Å². The molecular weight excluding hydrogens is 364 g/mol. The van der Waals surface area contributed by atoms with Crippen molar-refractivity contribution in [3.8, 4) is 0 Å². The van der Waals surface area contributed by atoms with Gasteiger partial charge in [0.2, 0.25) is 5.91 Å². The molecule has 0 spiro atoms. The Labute approximate surface area is 173 Å². The van der Waals surface area contributed by atoms with Crippen LogP contribution in [0.2, 0.25) is 0 Å². The van der Waals surface area contributed by atoms with E-state index in [9.17, 15) is 9.59 Å². The van der Waals surface area contributed by atoms with Gasteiger partial charge < -0.3 is 9.64 Å². The summed E-state index contributed by atoms with van der Waals surface area (Å²) in [6, 6.07) is 16.1. The molecule has 1 aliphatic carbocycles. The molecule has 1 fully saturated rings. The summed E-state index contributed by atoms with van der Waals surface area (Å²) in [6.07, 6.45) is 2.03. The van der Waals surface area contributed by atoms with Gasteiger partial charge in [0.1, 0.15) is 5.60 Å². The van der Waals surface area contributed by atoms with Crippen molar-refractivity contribution in [2.45, 2.75) is 65.1 Å². The van der Waals surface area contributed by atoms with E-state index in [0.717, 1.165) is 24.0 Å². The summed E-state index contributed by atoms with van der Waals surface area (Å²) in [7, 11) is 0. The monoisotopic (exact) mass is 394 g/mol. The van der Waals surface area contributed by atoms with Crippen molar-refractivity contribution < 1.29 is 14.3 Å². The molecular formula is C24H30N2O3. The summed E-state index contributed by atoms with van der Waals surface area (Å²) in [5.41, 5.74) is 3.42. The van der Waals surface area contributed by atoms with Crippen molar-refractivity contribution in [2.24, 2.45) is 0 Å². The fraction of sp³-hybridized carbons (Fsp3) is 0.417. The van der Waals surface area contributed by atoms with Crippen LogP contribution in [0, 0.1) is 6.92 Å². The first kappa shape index (κ1) is 20.9. The van der Waals surface area contributed by atoms with Gasteiger partial charge in [-0.25, -0.2) is 4.79 Å². The summed E-state index contributed by atoms with van der Waals surface area (Å²) in [6.45, 7) is 8.19. The first-order chi connectivity index (χ1) is 13.7. The molecule has 2 aromatic carbocycles. The van der Waals surface area contributed by atoms with E-state index >= 15 is 0 Å². The van der Waals surface area contributed by atoms with E-state index in [1.165, 1.54) is 5.56 Å². The highest BCUT2D eigenvalue weighted by Crippen LogP contribution is 2.29. The highest BCUT2D eigenvalue weighted by Gasteiger charge is 2.32. The maximum absolute atomic E-state index is 12.9. The summed E-state index contributed by atoms with van der Waals surface area (Å²) < 4.78 is 5.25. The van der Waals surface area contributed by atoms with Gasteiger partial charge in [-0.15, -0.1) is 0 Å². The zero-order valence-corrected chi connectivity index (χ0v) is 17.7. The van der Waals surface area contributed by atoms with Gasteiger partial charge in [0.25, 0.3) is 0 Å². The molecule has 2 aromatic rings. The molecule has 3 rings (SSSR count). The Morgan fingerprint density at radius 3 is 2.14 bits per heavy atom. The fourth-order valence-corrected chi connectivity index (χ4v) is 3.10. The topological polar surface area (TPSA) is 58.6 Å². The van der Waals surface area contributed by atoms with E-state index in [1.807, 2.05) is 37.8 Å². The summed E-state index contributed by atoms with van der Waals surface area (Å²) in [4.78, 5) is 26.8. The largest absolute Gasteiger partial charge is 0.444 e. The summed E-state index contributed by atoms with van der Waals surface area (Å²) >= 11 is 0. The molecule has 0 bridgehead atoms. The molecule has 0 saturated heterocycles. The Hall–Kier alpha value is -2.82. The van der Waals surface area contributed by atoms with Crippen LogP contribution in [0.25, 0.3) is 0 Å². The molecule has 0 unspecified atom stereocenters. The van der Waals surface area contributed by atoms with Crippen molar-refractivity contribution >= 4 is 17.7 Å². The molecule has 0 atom stereocenters. The van der Waals surface area contributed by atoms with Gasteiger partial charge in [0.15, 0.2) is 0 Å². The van der Waals surface area contributed by atoms with Crippen LogP contribution >= 0.6 is 0 Å². The lowest BCUT2D eigenvalue weighted by atomic mass is 10.1. The van der Waals surface area contributed by atoms with E-state index in [-0.39, 0.29) is 5.91 Å². The van der Waals surface area contributed by atoms with Crippen LogP contribution in [0.3, 0.4) is 0 Å². The highest BCUT2D eigenvalue weighted by molar-refractivity contribution is 5.85. The highest BCUT2D eigenvalue weighted by atomic mass is 16.6. The maximum atomic E-state index is 12.9. The number of anilines is 1. The molecule has 0 aromatic heterocycles. The lowest BCUT2D eigenvalue weighted by Crippen LogP contribution is -2.33. The summed E-state index contributed by atoms with van der Waals surface area (Å²) in [5, 5.41) is 2.71. The van der Waals surface area contributed by atoms with Gasteiger partial charge in [0.05, 0.1) is 6.42 Å². The first-order valence-electron chi connectivity index (χ1n) is 10.1. The molecule has 2 amide bonds. The van der Waals surface area contributed by atoms with Crippen molar-refractivity contribution in [1.82, 2.24) is 4.90 Å². The lowest BCUT2D eigenvalue weighted by Gasteiger charge is -2.23. The normalized spacial score (nSPS) is 13.7. The third kappa shape index (κ3) is 6.63. The van der Waals surface area contributed by atoms with E-state index in [4.69, 9.17) is 4.74 Å². The van der Waals surface area contributed by atoms with Crippen LogP contribution < -0.4 is 5.32 Å². The van der Waals surface area contributed by atoms with Crippen LogP contribution in [-0.4, -0.2) is 28.5 Å². The third-order valence-corrected chi connectivity index (χ3v) is 4.74. The third-order valence-electron chi connectivity index (χ3n) is 4.74. The van der Waals surface area contributed by atoms with Crippen LogP contribution in [0.1, 0.15) is 50.3 Å². The van der Waals surface area contributed by atoms with E-state index in [1.54, 1.807) is 12.1 Å². The van der Waals surface area contributed by atoms with Crippen LogP contribution in [0.5, 0.6) is 0 Å². The standard InChI is InChI=1S/C24H30N2O3/c1-17-5-7-19(8-6-17)16-26(21-13-14-21)22(27)15-18-9-11-20(12-10-18)25-23(28)29-24(2,3)4/h5-12,21H,13-16H2,1-4H3,(H,25,28). The molecule has 5 heteroatoms. The second-order valence-electron chi connectivity index (χ2n) is 8.74. The first-order valence-corrected chi connectivity index (χ1v) is 10.1. The van der Waals surface area contributed by atoms with Crippen LogP contribution in [-0.2, 0) is 22.5 Å². The Balaban J connectivity index is 1.58. The SMILES string of the molecule is Cc1ccc(CN(C(=O)Cc2ccc(NC(=O)OC(C)(C)C)cc2)C2CC2)cc1. The van der Waals surface area contributed by atoms with Gasteiger partial charge in [0, 0.05) is 18.3 Å². The number of rotatable bonds is 6. The van der Waals surface area contributed by atoms with E-state index in [2.05, 4.69) is 36.5 Å². The molecule has 154 valence electrons. The average Bonchev–Trinajstić information content (AvgIpc) is 3.46. The van der Waals surface area contributed by atoms with Crippen molar-refractivity contribution in [3.63, 3.8) is 0 Å². The number of ether oxygens (including phenoxy) is 1. The maximum Gasteiger partial charge on any atom is 0.412 e. The minimum Gasteiger partial charge on any atom is -0.444 e. The van der Waals surface area contributed by atoms with E-state index < -0.39 is 11.7 Å².